The number of halogens is 2. The van der Waals surface area contributed by atoms with Crippen LogP contribution in [-0.2, 0) is 6.42 Å². The van der Waals surface area contributed by atoms with Gasteiger partial charge >= 0.3 is 0 Å². The van der Waals surface area contributed by atoms with E-state index >= 15 is 0 Å². The molecule has 4 rings (SSSR count). The molecule has 0 aliphatic carbocycles. The van der Waals surface area contributed by atoms with Crippen LogP contribution >= 0.6 is 23.2 Å². The Morgan fingerprint density at radius 1 is 0.970 bits per heavy atom. The van der Waals surface area contributed by atoms with Crippen molar-refractivity contribution in [3.63, 3.8) is 0 Å². The molecule has 168 valence electrons. The fraction of sp³-hybridized carbons (Fsp3) is 0.154. The molecule has 0 unspecified atom stereocenters. The molecule has 3 N–H and O–H groups in total. The van der Waals surface area contributed by atoms with E-state index in [0.717, 1.165) is 11.1 Å². The minimum Gasteiger partial charge on any atom is -0.360 e. The van der Waals surface area contributed by atoms with E-state index in [-0.39, 0.29) is 11.7 Å². The lowest BCUT2D eigenvalue weighted by Gasteiger charge is -2.18. The van der Waals surface area contributed by atoms with Gasteiger partial charge in [0.15, 0.2) is 5.78 Å². The van der Waals surface area contributed by atoms with Crippen molar-refractivity contribution >= 4 is 45.8 Å². The standard InChI is InChI=1S/C26H23Cl2N3O2/c1-29-26(33)20-9-5-8-19-21(15-31-24(19)20)25(32)23(17-6-3-2-4-7-17)30-13-12-16-10-11-18(27)14-22(16)28/h2-11,14-15,23,30-31H,12-13H2,1H3,(H,29,33)/t23-/m1/s1. The zero-order valence-corrected chi connectivity index (χ0v) is 19.5. The molecule has 0 aliphatic rings. The molecule has 0 bridgehead atoms. The first-order chi connectivity index (χ1) is 16.0. The summed E-state index contributed by atoms with van der Waals surface area (Å²) in [4.78, 5) is 29.1. The molecule has 4 aromatic rings. The molecule has 0 spiro atoms. The smallest absolute Gasteiger partial charge is 0.253 e. The minimum atomic E-state index is -0.556. The van der Waals surface area contributed by atoms with Gasteiger partial charge in [0, 0.05) is 40.8 Å². The van der Waals surface area contributed by atoms with Crippen LogP contribution in [0.1, 0.15) is 37.9 Å². The predicted octanol–water partition coefficient (Wildman–Crippen LogP) is 5.59. The summed E-state index contributed by atoms with van der Waals surface area (Å²) in [5, 5.41) is 7.93. The molecule has 5 nitrogen and oxygen atoms in total. The first kappa shape index (κ1) is 23.1. The van der Waals surface area contributed by atoms with Gasteiger partial charge in [0.1, 0.15) is 0 Å². The summed E-state index contributed by atoms with van der Waals surface area (Å²) in [5.74, 6) is -0.289. The Labute approximate surface area is 202 Å². The molecule has 33 heavy (non-hydrogen) atoms. The van der Waals surface area contributed by atoms with Crippen molar-refractivity contribution in [3.05, 3.63) is 105 Å². The van der Waals surface area contributed by atoms with Gasteiger partial charge < -0.3 is 15.6 Å². The fourth-order valence-corrected chi connectivity index (χ4v) is 4.42. The van der Waals surface area contributed by atoms with E-state index in [1.807, 2.05) is 42.5 Å². The molecule has 0 saturated carbocycles. The van der Waals surface area contributed by atoms with Crippen molar-refractivity contribution in [2.45, 2.75) is 12.5 Å². The first-order valence-corrected chi connectivity index (χ1v) is 11.3. The molecular weight excluding hydrogens is 457 g/mol. The zero-order chi connectivity index (χ0) is 23.4. The van der Waals surface area contributed by atoms with Gasteiger partial charge in [-0.1, -0.05) is 71.7 Å². The van der Waals surface area contributed by atoms with E-state index in [4.69, 9.17) is 23.2 Å². The number of benzene rings is 3. The number of H-pyrrole nitrogens is 1. The summed E-state index contributed by atoms with van der Waals surface area (Å²) in [5.41, 5.74) is 3.48. The summed E-state index contributed by atoms with van der Waals surface area (Å²) in [6, 6.07) is 19.8. The van der Waals surface area contributed by atoms with Gasteiger partial charge in [-0.2, -0.15) is 0 Å². The van der Waals surface area contributed by atoms with Gasteiger partial charge in [-0.25, -0.2) is 0 Å². The second-order valence-electron chi connectivity index (χ2n) is 7.66. The highest BCUT2D eigenvalue weighted by Crippen LogP contribution is 2.27. The Hall–Kier alpha value is -3.12. The maximum absolute atomic E-state index is 13.7. The number of amides is 1. The quantitative estimate of drug-likeness (QED) is 0.288. The highest BCUT2D eigenvalue weighted by atomic mass is 35.5. The Morgan fingerprint density at radius 2 is 1.76 bits per heavy atom. The fourth-order valence-electron chi connectivity index (χ4n) is 3.92. The van der Waals surface area contributed by atoms with Crippen LogP contribution in [0.15, 0.2) is 72.9 Å². The number of para-hydroxylation sites is 1. The van der Waals surface area contributed by atoms with E-state index in [9.17, 15) is 9.59 Å². The number of hydrogen-bond acceptors (Lipinski definition) is 3. The summed E-state index contributed by atoms with van der Waals surface area (Å²) < 4.78 is 0. The molecule has 0 aliphatic heterocycles. The number of aromatic nitrogens is 1. The third-order valence-corrected chi connectivity index (χ3v) is 6.19. The highest BCUT2D eigenvalue weighted by Gasteiger charge is 2.25. The molecule has 0 fully saturated rings. The highest BCUT2D eigenvalue weighted by molar-refractivity contribution is 6.35. The van der Waals surface area contributed by atoms with E-state index < -0.39 is 6.04 Å². The molecular formula is C26H23Cl2N3O2. The largest absolute Gasteiger partial charge is 0.360 e. The first-order valence-electron chi connectivity index (χ1n) is 10.6. The molecule has 0 saturated heterocycles. The number of ketones is 1. The van der Waals surface area contributed by atoms with Gasteiger partial charge in [0.2, 0.25) is 0 Å². The van der Waals surface area contributed by atoms with E-state index in [2.05, 4.69) is 15.6 Å². The molecule has 1 amide bonds. The number of carbonyl (C=O) groups excluding carboxylic acids is 2. The van der Waals surface area contributed by atoms with Crippen molar-refractivity contribution in [1.82, 2.24) is 15.6 Å². The van der Waals surface area contributed by atoms with E-state index in [0.29, 0.717) is 45.0 Å². The van der Waals surface area contributed by atoms with Gasteiger partial charge in [0.05, 0.1) is 17.1 Å². The summed E-state index contributed by atoms with van der Waals surface area (Å²) in [6.45, 7) is 0.540. The van der Waals surface area contributed by atoms with Gasteiger partial charge in [0.25, 0.3) is 5.91 Å². The summed E-state index contributed by atoms with van der Waals surface area (Å²) in [7, 11) is 1.58. The van der Waals surface area contributed by atoms with Crippen molar-refractivity contribution in [3.8, 4) is 0 Å². The maximum Gasteiger partial charge on any atom is 0.253 e. The van der Waals surface area contributed by atoms with Crippen LogP contribution in [0.5, 0.6) is 0 Å². The molecule has 1 atom stereocenters. The van der Waals surface area contributed by atoms with Crippen LogP contribution in [0, 0.1) is 0 Å². The van der Waals surface area contributed by atoms with Crippen LogP contribution in [0.2, 0.25) is 10.0 Å². The topological polar surface area (TPSA) is 74.0 Å². The molecule has 7 heteroatoms. The van der Waals surface area contributed by atoms with Crippen LogP contribution in [0.25, 0.3) is 10.9 Å². The van der Waals surface area contributed by atoms with E-state index in [1.165, 1.54) is 0 Å². The normalized spacial score (nSPS) is 12.0. The van der Waals surface area contributed by atoms with Crippen molar-refractivity contribution in [1.29, 1.82) is 0 Å². The summed E-state index contributed by atoms with van der Waals surface area (Å²) >= 11 is 12.3. The number of hydrogen-bond donors (Lipinski definition) is 3. The lowest BCUT2D eigenvalue weighted by Crippen LogP contribution is -2.30. The molecule has 1 heterocycles. The average Bonchev–Trinajstić information content (AvgIpc) is 3.27. The predicted molar refractivity (Wildman–Crippen MR) is 133 cm³/mol. The Morgan fingerprint density at radius 3 is 2.48 bits per heavy atom. The number of Topliss-reactive ketones (excluding diaryl/α,β-unsaturated/α-hetero) is 1. The van der Waals surface area contributed by atoms with Crippen molar-refractivity contribution in [2.24, 2.45) is 0 Å². The van der Waals surface area contributed by atoms with Crippen LogP contribution in [0.4, 0.5) is 0 Å². The monoisotopic (exact) mass is 479 g/mol. The number of rotatable bonds is 8. The molecule has 1 aromatic heterocycles. The maximum atomic E-state index is 13.7. The van der Waals surface area contributed by atoms with Gasteiger partial charge in [-0.05, 0) is 35.7 Å². The summed E-state index contributed by atoms with van der Waals surface area (Å²) in [6.07, 6.45) is 2.31. The van der Waals surface area contributed by atoms with Crippen LogP contribution < -0.4 is 10.6 Å². The SMILES string of the molecule is CNC(=O)c1cccc2c(C(=O)[C@H](NCCc3ccc(Cl)cc3Cl)c3ccccc3)c[nH]c12. The lowest BCUT2D eigenvalue weighted by molar-refractivity contribution is 0.0941. The Kier molecular flexibility index (Phi) is 7.14. The number of carbonyl (C=O) groups is 2. The van der Waals surface area contributed by atoms with Gasteiger partial charge in [-0.15, -0.1) is 0 Å². The number of fused-ring (bicyclic) bond motifs is 1. The van der Waals surface area contributed by atoms with Crippen LogP contribution in [-0.4, -0.2) is 30.3 Å². The van der Waals surface area contributed by atoms with E-state index in [1.54, 1.807) is 37.5 Å². The zero-order valence-electron chi connectivity index (χ0n) is 18.0. The Balaban J connectivity index is 1.62. The lowest BCUT2D eigenvalue weighted by atomic mass is 9.96. The minimum absolute atomic E-state index is 0.0799. The number of nitrogens with one attached hydrogen (secondary N) is 3. The third kappa shape index (κ3) is 4.96. The average molecular weight is 480 g/mol. The van der Waals surface area contributed by atoms with Crippen LogP contribution in [0.3, 0.4) is 0 Å². The van der Waals surface area contributed by atoms with Gasteiger partial charge in [-0.3, -0.25) is 9.59 Å². The second kappa shape index (κ2) is 10.2. The molecule has 0 radical (unpaired) electrons. The molecule has 3 aromatic carbocycles. The second-order valence-corrected chi connectivity index (χ2v) is 8.50. The third-order valence-electron chi connectivity index (χ3n) is 5.61. The Bertz CT molecular complexity index is 1300. The number of aromatic amines is 1. The van der Waals surface area contributed by atoms with Crippen molar-refractivity contribution < 1.29 is 9.59 Å². The van der Waals surface area contributed by atoms with Crippen molar-refractivity contribution in [2.75, 3.05) is 13.6 Å².